The molecule has 6 heteroatoms. The number of urea groups is 1. The molecule has 70 valence electrons. The highest BCUT2D eigenvalue weighted by Gasteiger charge is 1.90. The van der Waals surface area contributed by atoms with Gasteiger partial charge in [0.05, 0.1) is 0 Å². The van der Waals surface area contributed by atoms with Crippen LogP contribution in [-0.4, -0.2) is 25.1 Å². The Morgan fingerprint density at radius 1 is 1.25 bits per heavy atom. The third kappa shape index (κ3) is 8.54. The number of rotatable bonds is 5. The Morgan fingerprint density at radius 2 is 1.92 bits per heavy atom. The molecule has 0 aliphatic rings. The maximum atomic E-state index is 10.2. The summed E-state index contributed by atoms with van der Waals surface area (Å²) in [6.45, 7) is 1.15. The number of aliphatic imine (C=N–C) groups is 1. The Morgan fingerprint density at radius 3 is 2.42 bits per heavy atom. The lowest BCUT2D eigenvalue weighted by molar-refractivity contribution is 0.249. The maximum Gasteiger partial charge on any atom is 0.312 e. The van der Waals surface area contributed by atoms with Crippen molar-refractivity contribution in [2.75, 3.05) is 13.1 Å². The van der Waals surface area contributed by atoms with Gasteiger partial charge in [0.25, 0.3) is 0 Å². The predicted octanol–water partition coefficient (Wildman–Crippen LogP) is -1.29. The van der Waals surface area contributed by atoms with Crippen molar-refractivity contribution in [1.82, 2.24) is 5.32 Å². The van der Waals surface area contributed by atoms with Gasteiger partial charge in [0.15, 0.2) is 5.96 Å². The zero-order valence-electron chi connectivity index (χ0n) is 6.92. The van der Waals surface area contributed by atoms with Crippen molar-refractivity contribution < 1.29 is 4.79 Å². The van der Waals surface area contributed by atoms with E-state index in [1.807, 2.05) is 0 Å². The summed E-state index contributed by atoms with van der Waals surface area (Å²) in [6.07, 6.45) is 1.65. The third-order valence-electron chi connectivity index (χ3n) is 1.18. The normalized spacial score (nSPS) is 9.00. The van der Waals surface area contributed by atoms with Gasteiger partial charge in [0.2, 0.25) is 0 Å². The number of nitrogens with two attached hydrogens (primary N) is 3. The second-order valence-electron chi connectivity index (χ2n) is 2.30. The molecule has 0 saturated heterocycles. The van der Waals surface area contributed by atoms with Crippen molar-refractivity contribution in [3.8, 4) is 0 Å². The van der Waals surface area contributed by atoms with Gasteiger partial charge in [-0.1, -0.05) is 0 Å². The van der Waals surface area contributed by atoms with Crippen LogP contribution in [-0.2, 0) is 0 Å². The van der Waals surface area contributed by atoms with E-state index in [1.165, 1.54) is 0 Å². The van der Waals surface area contributed by atoms with Crippen LogP contribution in [0.3, 0.4) is 0 Å². The zero-order valence-corrected chi connectivity index (χ0v) is 6.92. The summed E-state index contributed by atoms with van der Waals surface area (Å²) in [4.78, 5) is 14.0. The van der Waals surface area contributed by atoms with Gasteiger partial charge < -0.3 is 22.5 Å². The van der Waals surface area contributed by atoms with Crippen LogP contribution in [0, 0.1) is 0 Å². The molecule has 0 aliphatic carbocycles. The molecule has 0 aliphatic heterocycles. The van der Waals surface area contributed by atoms with Crippen molar-refractivity contribution in [3.05, 3.63) is 0 Å². The van der Waals surface area contributed by atoms with E-state index in [4.69, 9.17) is 17.2 Å². The number of hydrogen-bond donors (Lipinski definition) is 4. The molecule has 7 N–H and O–H groups in total. The van der Waals surface area contributed by atoms with Crippen LogP contribution in [0.5, 0.6) is 0 Å². The first-order chi connectivity index (χ1) is 5.63. The lowest BCUT2D eigenvalue weighted by Crippen LogP contribution is -2.30. The van der Waals surface area contributed by atoms with Gasteiger partial charge in [-0.3, -0.25) is 4.99 Å². The first-order valence-corrected chi connectivity index (χ1v) is 3.71. The molecule has 0 aromatic carbocycles. The summed E-state index contributed by atoms with van der Waals surface area (Å²) in [6, 6.07) is -0.503. The number of carbonyl (C=O) groups excluding carboxylic acids is 1. The van der Waals surface area contributed by atoms with Crippen LogP contribution < -0.4 is 22.5 Å². The van der Waals surface area contributed by atoms with E-state index in [1.54, 1.807) is 0 Å². The highest BCUT2D eigenvalue weighted by molar-refractivity contribution is 5.75. The molecule has 0 atom stereocenters. The molecule has 0 fully saturated rings. The number of carbonyl (C=O) groups is 1. The van der Waals surface area contributed by atoms with Crippen molar-refractivity contribution in [2.24, 2.45) is 22.2 Å². The molecule has 0 bridgehead atoms. The smallest absolute Gasteiger partial charge is 0.312 e. The summed E-state index contributed by atoms with van der Waals surface area (Å²) in [5.74, 6) is 0.0952. The van der Waals surface area contributed by atoms with Crippen molar-refractivity contribution in [1.29, 1.82) is 0 Å². The van der Waals surface area contributed by atoms with E-state index in [2.05, 4.69) is 10.3 Å². The zero-order chi connectivity index (χ0) is 9.40. The van der Waals surface area contributed by atoms with E-state index in [0.717, 1.165) is 12.8 Å². The highest BCUT2D eigenvalue weighted by atomic mass is 16.2. The fourth-order valence-electron chi connectivity index (χ4n) is 0.657. The molecule has 0 saturated carbocycles. The van der Waals surface area contributed by atoms with Crippen LogP contribution in [0.2, 0.25) is 0 Å². The molecule has 6 nitrogen and oxygen atoms in total. The molecular formula is C6H15N5O. The summed E-state index contributed by atoms with van der Waals surface area (Å²) in [5.41, 5.74) is 15.0. The lowest BCUT2D eigenvalue weighted by atomic mass is 10.3. The first-order valence-electron chi connectivity index (χ1n) is 3.71. The number of nitrogens with zero attached hydrogens (tertiary/aromatic N) is 1. The largest absolute Gasteiger partial charge is 0.370 e. The topological polar surface area (TPSA) is 120 Å². The molecule has 0 heterocycles. The monoisotopic (exact) mass is 173 g/mol. The molecule has 0 rings (SSSR count). The quantitative estimate of drug-likeness (QED) is 0.235. The van der Waals surface area contributed by atoms with Crippen molar-refractivity contribution in [2.45, 2.75) is 12.8 Å². The number of guanidine groups is 1. The van der Waals surface area contributed by atoms with Crippen LogP contribution in [0.25, 0.3) is 0 Å². The van der Waals surface area contributed by atoms with Crippen molar-refractivity contribution in [3.63, 3.8) is 0 Å². The fourth-order valence-corrected chi connectivity index (χ4v) is 0.657. The fraction of sp³-hybridized carbons (Fsp3) is 0.667. The molecule has 0 radical (unpaired) electrons. The van der Waals surface area contributed by atoms with E-state index in [9.17, 15) is 4.79 Å². The Bertz CT molecular complexity index is 163. The summed E-state index contributed by atoms with van der Waals surface area (Å²) in [5, 5.41) is 2.46. The highest BCUT2D eigenvalue weighted by Crippen LogP contribution is 1.86. The van der Waals surface area contributed by atoms with Gasteiger partial charge in [-0.25, -0.2) is 4.79 Å². The number of unbranched alkanes of at least 4 members (excludes halogenated alkanes) is 1. The molecule has 0 spiro atoms. The predicted molar refractivity (Wildman–Crippen MR) is 47.5 cm³/mol. The molecule has 12 heavy (non-hydrogen) atoms. The second kappa shape index (κ2) is 6.26. The first kappa shape index (κ1) is 10.5. The van der Waals surface area contributed by atoms with E-state index < -0.39 is 6.03 Å². The van der Waals surface area contributed by atoms with Crippen LogP contribution in [0.4, 0.5) is 4.79 Å². The van der Waals surface area contributed by atoms with Crippen LogP contribution in [0.1, 0.15) is 12.8 Å². The molecule has 0 unspecified atom stereocenters. The van der Waals surface area contributed by atoms with Gasteiger partial charge in [0.1, 0.15) is 0 Å². The van der Waals surface area contributed by atoms with Gasteiger partial charge in [-0.2, -0.15) is 0 Å². The summed E-state index contributed by atoms with van der Waals surface area (Å²) in [7, 11) is 0. The Labute approximate surface area is 71.2 Å². The number of amides is 2. The molecule has 0 aromatic rings. The number of hydrogen-bond acceptors (Lipinski definition) is 2. The minimum Gasteiger partial charge on any atom is -0.370 e. The Kier molecular flexibility index (Phi) is 5.50. The average molecular weight is 173 g/mol. The van der Waals surface area contributed by atoms with E-state index in [-0.39, 0.29) is 5.96 Å². The van der Waals surface area contributed by atoms with E-state index in [0.29, 0.717) is 13.1 Å². The maximum absolute atomic E-state index is 10.2. The Balaban J connectivity index is 3.11. The number of nitrogens with one attached hydrogen (secondary N) is 1. The standard InChI is InChI=1S/C6H15N5O/c7-5(8)10-3-1-2-4-11-6(9)12/h1-4H2,(H4,7,8,10)(H3,9,11,12). The number of primary amides is 1. The SMILES string of the molecule is NC(=O)NCCCCN=C(N)N. The van der Waals surface area contributed by atoms with Gasteiger partial charge in [-0.05, 0) is 12.8 Å². The molecular weight excluding hydrogens is 158 g/mol. The third-order valence-corrected chi connectivity index (χ3v) is 1.18. The Hall–Kier alpha value is -1.46. The molecule has 2 amide bonds. The second-order valence-corrected chi connectivity index (χ2v) is 2.30. The van der Waals surface area contributed by atoms with Crippen molar-refractivity contribution >= 4 is 12.0 Å². The van der Waals surface area contributed by atoms with E-state index >= 15 is 0 Å². The molecule has 0 aromatic heterocycles. The average Bonchev–Trinajstić information content (AvgIpc) is 1.95. The summed E-state index contributed by atoms with van der Waals surface area (Å²) >= 11 is 0. The van der Waals surface area contributed by atoms with Crippen LogP contribution >= 0.6 is 0 Å². The summed E-state index contributed by atoms with van der Waals surface area (Å²) < 4.78 is 0. The van der Waals surface area contributed by atoms with Gasteiger partial charge >= 0.3 is 6.03 Å². The van der Waals surface area contributed by atoms with Crippen LogP contribution in [0.15, 0.2) is 4.99 Å². The lowest BCUT2D eigenvalue weighted by Gasteiger charge is -1.99. The van der Waals surface area contributed by atoms with Gasteiger partial charge in [0, 0.05) is 13.1 Å². The minimum absolute atomic E-state index is 0.0952. The minimum atomic E-state index is -0.503. The van der Waals surface area contributed by atoms with Gasteiger partial charge in [-0.15, -0.1) is 0 Å².